The molecule has 6 heteroatoms. The van der Waals surface area contributed by atoms with Crippen LogP contribution < -0.4 is 10.2 Å². The average Bonchev–Trinajstić information content (AvgIpc) is 2.08. The molecule has 0 aliphatic rings. The molecule has 0 spiro atoms. The molecule has 0 fully saturated rings. The largest absolute Gasteiger partial charge is 2.00 e. The third kappa shape index (κ3) is 22.5. The van der Waals surface area contributed by atoms with Gasteiger partial charge in [0.15, 0.2) is 0 Å². The van der Waals surface area contributed by atoms with Crippen LogP contribution in [0.1, 0.15) is 0 Å². The molecular formula is C8H8CaO5. The summed E-state index contributed by atoms with van der Waals surface area (Å²) in [5, 5.41) is 25.3. The van der Waals surface area contributed by atoms with Crippen LogP contribution in [-0.2, 0) is 4.79 Å². The third-order valence-electron chi connectivity index (χ3n) is 0.756. The maximum atomic E-state index is 8.63. The zero-order valence-electron chi connectivity index (χ0n) is 7.38. The minimum absolute atomic E-state index is 0. The van der Waals surface area contributed by atoms with Crippen molar-refractivity contribution in [2.24, 2.45) is 0 Å². The topological polar surface area (TPSA) is 100 Å². The first-order valence-corrected chi connectivity index (χ1v) is 3.04. The Balaban J connectivity index is -0.000000152. The second kappa shape index (κ2) is 14.7. The van der Waals surface area contributed by atoms with Gasteiger partial charge in [0.1, 0.15) is 12.5 Å². The molecule has 0 amide bonds. The van der Waals surface area contributed by atoms with Gasteiger partial charge in [0.05, 0.1) is 0 Å². The molecule has 0 unspecified atom stereocenters. The minimum atomic E-state index is -2.33. The van der Waals surface area contributed by atoms with E-state index in [9.17, 15) is 0 Å². The summed E-state index contributed by atoms with van der Waals surface area (Å²) in [6.45, 7) is 2.00. The first kappa shape index (κ1) is 18.9. The van der Waals surface area contributed by atoms with Crippen molar-refractivity contribution in [3.05, 3.63) is 30.3 Å². The molecule has 0 aliphatic heterocycles. The van der Waals surface area contributed by atoms with Crippen LogP contribution in [0.15, 0.2) is 30.3 Å². The summed E-state index contributed by atoms with van der Waals surface area (Å²) in [6.07, 6.45) is -2.33. The van der Waals surface area contributed by atoms with Gasteiger partial charge >= 0.3 is 37.7 Å². The molecule has 5 nitrogen and oxygen atoms in total. The van der Waals surface area contributed by atoms with Crippen molar-refractivity contribution in [1.82, 2.24) is 0 Å². The number of benzene rings is 1. The van der Waals surface area contributed by atoms with Crippen LogP contribution in [0.2, 0.25) is 0 Å². The Labute approximate surface area is 111 Å². The Morgan fingerprint density at radius 2 is 1.43 bits per heavy atom. The maximum absolute atomic E-state index is 8.63. The zero-order valence-corrected chi connectivity index (χ0v) is 9.59. The summed E-state index contributed by atoms with van der Waals surface area (Å²) in [4.78, 5) is 16.3. The van der Waals surface area contributed by atoms with E-state index in [1.807, 2.05) is 12.9 Å². The van der Waals surface area contributed by atoms with Gasteiger partial charge < -0.3 is 24.9 Å². The Bertz CT molecular complexity index is 222. The smallest absolute Gasteiger partial charge is 0.652 e. The number of rotatable bonds is 0. The van der Waals surface area contributed by atoms with Gasteiger partial charge in [-0.1, -0.05) is 18.2 Å². The van der Waals surface area contributed by atoms with E-state index in [0.717, 1.165) is 0 Å². The minimum Gasteiger partial charge on any atom is -0.652 e. The molecule has 0 atom stereocenters. The van der Waals surface area contributed by atoms with Crippen LogP contribution in [0, 0.1) is 0 Å². The molecule has 1 N–H and O–H groups in total. The quantitative estimate of drug-likeness (QED) is 0.534. The second-order valence-corrected chi connectivity index (χ2v) is 1.59. The summed E-state index contributed by atoms with van der Waals surface area (Å²) in [5.74, 6) is 0.322. The van der Waals surface area contributed by atoms with Crippen molar-refractivity contribution in [3.8, 4) is 5.75 Å². The number of aromatic hydroxyl groups is 1. The Hall–Kier alpha value is -0.780. The van der Waals surface area contributed by atoms with E-state index in [4.69, 9.17) is 24.9 Å². The van der Waals surface area contributed by atoms with E-state index >= 15 is 0 Å². The van der Waals surface area contributed by atoms with Crippen molar-refractivity contribution >= 4 is 50.7 Å². The van der Waals surface area contributed by atoms with Gasteiger partial charge in [-0.05, 0) is 18.3 Å². The van der Waals surface area contributed by atoms with E-state index in [0.29, 0.717) is 5.75 Å². The van der Waals surface area contributed by atoms with Gasteiger partial charge in [-0.3, -0.25) is 0 Å². The third-order valence-corrected chi connectivity index (χ3v) is 0.756. The Kier molecular flexibility index (Phi) is 19.9. The number of para-hydroxylation sites is 1. The van der Waals surface area contributed by atoms with E-state index < -0.39 is 6.16 Å². The average molecular weight is 224 g/mol. The maximum Gasteiger partial charge on any atom is 2.00 e. The van der Waals surface area contributed by atoms with Crippen molar-refractivity contribution in [3.63, 3.8) is 0 Å². The van der Waals surface area contributed by atoms with Crippen molar-refractivity contribution in [2.45, 2.75) is 0 Å². The number of hydrogen-bond donors (Lipinski definition) is 1. The van der Waals surface area contributed by atoms with Crippen LogP contribution in [0.25, 0.3) is 0 Å². The molecule has 0 aromatic heterocycles. The van der Waals surface area contributed by atoms with Gasteiger partial charge in [0.2, 0.25) is 0 Å². The molecular weight excluding hydrogens is 216 g/mol. The number of phenols is 1. The van der Waals surface area contributed by atoms with Gasteiger partial charge in [-0.15, -0.1) is 0 Å². The van der Waals surface area contributed by atoms with Crippen LogP contribution in [0.5, 0.6) is 5.75 Å². The van der Waals surface area contributed by atoms with Crippen LogP contribution in [0.4, 0.5) is 4.79 Å². The van der Waals surface area contributed by atoms with Crippen LogP contribution in [-0.4, -0.2) is 55.8 Å². The van der Waals surface area contributed by atoms with E-state index in [-0.39, 0.29) is 37.7 Å². The number of hydrogen-bond acceptors (Lipinski definition) is 5. The van der Waals surface area contributed by atoms with Crippen molar-refractivity contribution < 1.29 is 24.9 Å². The molecule has 0 heterocycles. The van der Waals surface area contributed by atoms with Crippen LogP contribution in [0.3, 0.4) is 0 Å². The second-order valence-electron chi connectivity index (χ2n) is 1.59. The summed E-state index contributed by atoms with van der Waals surface area (Å²) >= 11 is 0. The summed E-state index contributed by atoms with van der Waals surface area (Å²) in [5.41, 5.74) is 0. The number of carboxylic acid groups (broad SMARTS) is 2. The predicted octanol–water partition coefficient (Wildman–Crippen LogP) is -1.62. The fourth-order valence-electron chi connectivity index (χ4n) is 0.428. The molecule has 0 bridgehead atoms. The molecule has 1 aromatic rings. The van der Waals surface area contributed by atoms with Gasteiger partial charge in [-0.2, -0.15) is 0 Å². The zero-order chi connectivity index (χ0) is 10.7. The van der Waals surface area contributed by atoms with Crippen LogP contribution >= 0.6 is 0 Å². The number of phenolic OH excluding ortho intramolecular Hbond substituents is 1. The molecule has 0 radical (unpaired) electrons. The fraction of sp³-hybridized carbons (Fsp3) is 0. The van der Waals surface area contributed by atoms with E-state index in [1.165, 1.54) is 0 Å². The van der Waals surface area contributed by atoms with Gasteiger partial charge in [0.25, 0.3) is 0 Å². The number of carbonyl (C=O) groups excluding carboxylic acids is 2. The van der Waals surface area contributed by atoms with E-state index in [1.54, 1.807) is 24.3 Å². The Morgan fingerprint density at radius 3 is 1.57 bits per heavy atom. The monoisotopic (exact) mass is 224 g/mol. The normalized spacial score (nSPS) is 6.29. The summed E-state index contributed by atoms with van der Waals surface area (Å²) in [7, 11) is 0. The fourth-order valence-corrected chi connectivity index (χ4v) is 0.428. The molecule has 0 aliphatic carbocycles. The predicted molar refractivity (Wildman–Crippen MR) is 46.4 cm³/mol. The SMILES string of the molecule is C=O.O=C([O-])[O-].Oc1ccccc1.[Ca+2]. The first-order valence-electron chi connectivity index (χ1n) is 3.04. The molecule has 72 valence electrons. The Morgan fingerprint density at radius 1 is 1.14 bits per heavy atom. The summed E-state index contributed by atoms with van der Waals surface area (Å²) < 4.78 is 0. The molecule has 1 rings (SSSR count). The van der Waals surface area contributed by atoms with E-state index in [2.05, 4.69) is 0 Å². The van der Waals surface area contributed by atoms with Gasteiger partial charge in [-0.25, -0.2) is 0 Å². The molecule has 14 heavy (non-hydrogen) atoms. The van der Waals surface area contributed by atoms with Crippen molar-refractivity contribution in [1.29, 1.82) is 0 Å². The molecule has 0 saturated heterocycles. The number of carbonyl (C=O) groups is 2. The first-order chi connectivity index (χ1) is 6.13. The molecule has 0 saturated carbocycles. The van der Waals surface area contributed by atoms with Gasteiger partial charge in [0, 0.05) is 0 Å². The van der Waals surface area contributed by atoms with Crippen molar-refractivity contribution in [2.75, 3.05) is 0 Å². The standard InChI is InChI=1S/C6H6O.CH2O3.CH2O.Ca/c7-6-4-2-1-3-5-6;2-1(3)4;1-2;/h1-5,7H;(H2,2,3,4);1H2;/q;;;+2/p-2. The molecule has 1 aromatic carbocycles. The summed E-state index contributed by atoms with van der Waals surface area (Å²) in [6, 6.07) is 8.71.